The molecule has 3 heterocycles. The Balaban J connectivity index is 1.30. The van der Waals surface area contributed by atoms with E-state index in [9.17, 15) is 9.59 Å². The predicted octanol–water partition coefficient (Wildman–Crippen LogP) is 3.86. The molecule has 0 radical (unpaired) electrons. The highest BCUT2D eigenvalue weighted by molar-refractivity contribution is 5.84. The van der Waals surface area contributed by atoms with E-state index in [4.69, 9.17) is 0 Å². The summed E-state index contributed by atoms with van der Waals surface area (Å²) in [4.78, 5) is 31.0. The summed E-state index contributed by atoms with van der Waals surface area (Å²) in [5.41, 5.74) is 0.523. The van der Waals surface area contributed by atoms with Gasteiger partial charge in [-0.15, -0.1) is 0 Å². The molecular formula is C26H23F2N5O2. The molecule has 1 aliphatic carbocycles. The standard InChI is InChI=1S/C26H23F2N5O2/c27-20-11-19(18-6-3-16-2-1-8-29-22(16)13-18)12-21(28)24(20)33-23(30-31-26(33)35)10-15-7-9-32(14-15)25(34)17-4-5-17/h1-3,6,8,11-13,15,17H,4-5,7,9-10,14H2,(H,31,35). The Morgan fingerprint density at radius 2 is 1.86 bits per heavy atom. The second-order valence-corrected chi connectivity index (χ2v) is 9.40. The maximum atomic E-state index is 15.3. The van der Waals surface area contributed by atoms with Gasteiger partial charge in [-0.25, -0.2) is 23.2 Å². The van der Waals surface area contributed by atoms with Crippen LogP contribution in [0.4, 0.5) is 8.78 Å². The number of nitrogens with one attached hydrogen (secondary N) is 1. The zero-order chi connectivity index (χ0) is 24.1. The number of aromatic nitrogens is 4. The summed E-state index contributed by atoms with van der Waals surface area (Å²) < 4.78 is 31.6. The number of benzene rings is 2. The van der Waals surface area contributed by atoms with Gasteiger partial charge < -0.3 is 4.90 Å². The second-order valence-electron chi connectivity index (χ2n) is 9.40. The molecule has 1 aliphatic heterocycles. The average molecular weight is 475 g/mol. The number of nitrogens with zero attached hydrogens (tertiary/aromatic N) is 4. The largest absolute Gasteiger partial charge is 0.348 e. The summed E-state index contributed by atoms with van der Waals surface area (Å²) >= 11 is 0. The molecule has 1 atom stereocenters. The van der Waals surface area contributed by atoms with E-state index in [0.29, 0.717) is 36.2 Å². The molecular weight excluding hydrogens is 452 g/mol. The Bertz CT molecular complexity index is 1480. The number of likely N-dealkylation sites (tertiary alicyclic amines) is 1. The molecule has 6 rings (SSSR count). The third-order valence-electron chi connectivity index (χ3n) is 6.92. The van der Waals surface area contributed by atoms with Crippen LogP contribution in [0, 0.1) is 23.5 Å². The minimum Gasteiger partial charge on any atom is -0.342 e. The van der Waals surface area contributed by atoms with E-state index < -0.39 is 23.0 Å². The molecule has 1 unspecified atom stereocenters. The molecule has 0 spiro atoms. The van der Waals surface area contributed by atoms with E-state index in [1.807, 2.05) is 23.1 Å². The molecule has 35 heavy (non-hydrogen) atoms. The summed E-state index contributed by atoms with van der Waals surface area (Å²) in [5, 5.41) is 7.30. The lowest BCUT2D eigenvalue weighted by molar-refractivity contribution is -0.131. The highest BCUT2D eigenvalue weighted by atomic mass is 19.1. The van der Waals surface area contributed by atoms with Crippen molar-refractivity contribution in [2.45, 2.75) is 25.7 Å². The Labute approximate surface area is 199 Å². The van der Waals surface area contributed by atoms with Gasteiger partial charge >= 0.3 is 5.69 Å². The van der Waals surface area contributed by atoms with Crippen molar-refractivity contribution in [3.63, 3.8) is 0 Å². The van der Waals surface area contributed by atoms with Crippen molar-refractivity contribution in [1.29, 1.82) is 0 Å². The highest BCUT2D eigenvalue weighted by Crippen LogP contribution is 2.34. The Kier molecular flexibility index (Phi) is 5.20. The first-order valence-corrected chi connectivity index (χ1v) is 11.8. The second kappa shape index (κ2) is 8.41. The van der Waals surface area contributed by atoms with Gasteiger partial charge in [0.2, 0.25) is 5.91 Å². The molecule has 7 nitrogen and oxygen atoms in total. The Morgan fingerprint density at radius 3 is 2.63 bits per heavy atom. The summed E-state index contributed by atoms with van der Waals surface area (Å²) in [7, 11) is 0. The fraction of sp³-hybridized carbons (Fsp3) is 0.308. The zero-order valence-electron chi connectivity index (χ0n) is 18.9. The third-order valence-corrected chi connectivity index (χ3v) is 6.92. The summed E-state index contributed by atoms with van der Waals surface area (Å²) in [6.07, 6.45) is 4.66. The molecule has 178 valence electrons. The molecule has 9 heteroatoms. The minimum atomic E-state index is -0.858. The van der Waals surface area contributed by atoms with Gasteiger partial charge in [0.25, 0.3) is 0 Å². The summed E-state index contributed by atoms with van der Waals surface area (Å²) in [6, 6.07) is 11.6. The first-order chi connectivity index (χ1) is 17.0. The van der Waals surface area contributed by atoms with E-state index in [2.05, 4.69) is 15.2 Å². The fourth-order valence-corrected chi connectivity index (χ4v) is 4.94. The van der Waals surface area contributed by atoms with Gasteiger partial charge in [-0.2, -0.15) is 5.10 Å². The average Bonchev–Trinajstić information content (AvgIpc) is 3.51. The quantitative estimate of drug-likeness (QED) is 0.475. The zero-order valence-corrected chi connectivity index (χ0v) is 18.9. The first kappa shape index (κ1) is 21.6. The van der Waals surface area contributed by atoms with E-state index in [0.717, 1.165) is 29.2 Å². The van der Waals surface area contributed by atoms with Crippen LogP contribution in [-0.2, 0) is 11.2 Å². The SMILES string of the molecule is O=C(C1CC1)N1CCC(Cc2n[nH]c(=O)n2-c2c(F)cc(-c3ccc4cccnc4c3)cc2F)C1. The van der Waals surface area contributed by atoms with Gasteiger partial charge in [-0.3, -0.25) is 9.78 Å². The van der Waals surface area contributed by atoms with Gasteiger partial charge in [0, 0.05) is 37.0 Å². The van der Waals surface area contributed by atoms with Crippen molar-refractivity contribution in [3.8, 4) is 16.8 Å². The maximum absolute atomic E-state index is 15.3. The Morgan fingerprint density at radius 1 is 1.06 bits per heavy atom. The Hall–Kier alpha value is -3.88. The van der Waals surface area contributed by atoms with Crippen LogP contribution in [0.5, 0.6) is 0 Å². The molecule has 2 aliphatic rings. The number of hydrogen-bond donors (Lipinski definition) is 1. The van der Waals surface area contributed by atoms with Crippen molar-refractivity contribution in [2.75, 3.05) is 13.1 Å². The van der Waals surface area contributed by atoms with E-state index in [1.165, 1.54) is 12.1 Å². The van der Waals surface area contributed by atoms with Crippen molar-refractivity contribution in [3.05, 3.63) is 76.6 Å². The predicted molar refractivity (Wildman–Crippen MR) is 126 cm³/mol. The number of carbonyl (C=O) groups excluding carboxylic acids is 1. The van der Waals surface area contributed by atoms with Crippen LogP contribution in [0.1, 0.15) is 25.1 Å². The number of amides is 1. The van der Waals surface area contributed by atoms with Crippen LogP contribution in [0.2, 0.25) is 0 Å². The number of aromatic amines is 1. The highest BCUT2D eigenvalue weighted by Gasteiger charge is 2.37. The number of halogens is 2. The number of H-pyrrole nitrogens is 1. The molecule has 2 aromatic carbocycles. The molecule has 1 amide bonds. The van der Waals surface area contributed by atoms with Gasteiger partial charge in [-0.1, -0.05) is 18.2 Å². The fourth-order valence-electron chi connectivity index (χ4n) is 4.94. The van der Waals surface area contributed by atoms with Crippen LogP contribution >= 0.6 is 0 Å². The van der Waals surface area contributed by atoms with E-state index in [-0.39, 0.29) is 23.6 Å². The number of hydrogen-bond acceptors (Lipinski definition) is 4. The van der Waals surface area contributed by atoms with Gasteiger partial charge in [0.15, 0.2) is 11.6 Å². The molecule has 2 fully saturated rings. The minimum absolute atomic E-state index is 0.0714. The number of pyridine rings is 1. The molecule has 0 bridgehead atoms. The van der Waals surface area contributed by atoms with Gasteiger partial charge in [-0.05, 0) is 60.6 Å². The smallest absolute Gasteiger partial charge is 0.342 e. The van der Waals surface area contributed by atoms with Crippen LogP contribution in [0.15, 0.2) is 53.5 Å². The van der Waals surface area contributed by atoms with Crippen molar-refractivity contribution in [2.24, 2.45) is 11.8 Å². The topological polar surface area (TPSA) is 83.9 Å². The van der Waals surface area contributed by atoms with Crippen LogP contribution in [0.3, 0.4) is 0 Å². The maximum Gasteiger partial charge on any atom is 0.348 e. The number of carbonyl (C=O) groups is 1. The van der Waals surface area contributed by atoms with E-state index in [1.54, 1.807) is 18.3 Å². The van der Waals surface area contributed by atoms with Gasteiger partial charge in [0.1, 0.15) is 11.5 Å². The van der Waals surface area contributed by atoms with Crippen molar-refractivity contribution in [1.82, 2.24) is 24.6 Å². The first-order valence-electron chi connectivity index (χ1n) is 11.8. The third kappa shape index (κ3) is 4.00. The molecule has 4 aromatic rings. The van der Waals surface area contributed by atoms with Crippen molar-refractivity contribution < 1.29 is 13.6 Å². The lowest BCUT2D eigenvalue weighted by atomic mass is 10.0. The lowest BCUT2D eigenvalue weighted by Crippen LogP contribution is -2.30. The monoisotopic (exact) mass is 475 g/mol. The number of fused-ring (bicyclic) bond motifs is 1. The molecule has 1 saturated heterocycles. The normalized spacial score (nSPS) is 17.9. The molecule has 2 aromatic heterocycles. The number of rotatable bonds is 5. The summed E-state index contributed by atoms with van der Waals surface area (Å²) in [5.74, 6) is -1.06. The van der Waals surface area contributed by atoms with Crippen LogP contribution in [0.25, 0.3) is 27.7 Å². The van der Waals surface area contributed by atoms with Gasteiger partial charge in [0.05, 0.1) is 5.52 Å². The molecule has 1 saturated carbocycles. The van der Waals surface area contributed by atoms with Crippen molar-refractivity contribution >= 4 is 16.8 Å². The summed E-state index contributed by atoms with van der Waals surface area (Å²) in [6.45, 7) is 1.23. The lowest BCUT2D eigenvalue weighted by Gasteiger charge is -2.16. The van der Waals surface area contributed by atoms with Crippen LogP contribution in [-0.4, -0.2) is 43.6 Å². The van der Waals surface area contributed by atoms with E-state index >= 15 is 8.78 Å². The van der Waals surface area contributed by atoms with Crippen LogP contribution < -0.4 is 5.69 Å². The molecule has 1 N–H and O–H groups in total.